The van der Waals surface area contributed by atoms with Crippen molar-refractivity contribution in [2.75, 3.05) is 24.5 Å². The Labute approximate surface area is 164 Å². The minimum atomic E-state index is 0.346. The molecule has 144 valence electrons. The first-order valence-corrected chi connectivity index (χ1v) is 11.4. The highest BCUT2D eigenvalue weighted by atomic mass is 32.1. The topological polar surface area (TPSA) is 49.3 Å². The van der Waals surface area contributed by atoms with Gasteiger partial charge < -0.3 is 9.80 Å². The van der Waals surface area contributed by atoms with Crippen molar-refractivity contribution in [1.82, 2.24) is 14.9 Å². The highest BCUT2D eigenvalue weighted by Crippen LogP contribution is 2.37. The summed E-state index contributed by atoms with van der Waals surface area (Å²) in [6.45, 7) is 3.06. The molecule has 0 radical (unpaired) electrons. The molecule has 1 saturated carbocycles. The fourth-order valence-corrected chi connectivity index (χ4v) is 5.82. The Hall–Kier alpha value is -1.69. The highest BCUT2D eigenvalue weighted by Gasteiger charge is 2.39. The van der Waals surface area contributed by atoms with Crippen molar-refractivity contribution in [2.24, 2.45) is 11.8 Å². The van der Waals surface area contributed by atoms with Crippen LogP contribution in [-0.2, 0) is 4.79 Å². The predicted molar refractivity (Wildman–Crippen MR) is 109 cm³/mol. The van der Waals surface area contributed by atoms with Crippen LogP contribution < -0.4 is 4.90 Å². The van der Waals surface area contributed by atoms with Crippen LogP contribution in [0.1, 0.15) is 51.4 Å². The van der Waals surface area contributed by atoms with E-state index in [9.17, 15) is 4.79 Å². The largest absolute Gasteiger partial charge is 0.355 e. The van der Waals surface area contributed by atoms with Crippen LogP contribution in [0.4, 0.5) is 5.82 Å². The number of anilines is 1. The van der Waals surface area contributed by atoms with Crippen molar-refractivity contribution in [2.45, 2.75) is 57.4 Å². The van der Waals surface area contributed by atoms with Gasteiger partial charge in [-0.15, -0.1) is 11.3 Å². The Kier molecular flexibility index (Phi) is 4.76. The summed E-state index contributed by atoms with van der Waals surface area (Å²) in [7, 11) is 0. The van der Waals surface area contributed by atoms with E-state index in [0.717, 1.165) is 56.7 Å². The minimum Gasteiger partial charge on any atom is -0.355 e. The highest BCUT2D eigenvalue weighted by molar-refractivity contribution is 7.17. The first-order valence-electron chi connectivity index (χ1n) is 10.5. The first kappa shape index (κ1) is 17.4. The molecule has 1 aliphatic carbocycles. The number of thiophene rings is 1. The van der Waals surface area contributed by atoms with Crippen molar-refractivity contribution in [3.8, 4) is 0 Å². The van der Waals surface area contributed by atoms with Gasteiger partial charge in [0.15, 0.2) is 0 Å². The average molecular weight is 385 g/mol. The Morgan fingerprint density at radius 2 is 1.85 bits per heavy atom. The smallest absolute Gasteiger partial charge is 0.225 e. The number of nitrogens with zero attached hydrogens (tertiary/aromatic N) is 4. The summed E-state index contributed by atoms with van der Waals surface area (Å²) in [5.74, 6) is 2.54. The molecule has 2 saturated heterocycles. The third kappa shape index (κ3) is 3.44. The standard InChI is InChI=1S/C21H28N4OS/c26-21(16-5-6-16)25-10-3-1-2-4-18(25)15-7-11-24(12-8-15)20-19-17(9-13-27-19)22-14-23-20/h9,13-16,18H,1-8,10-12H2/t18-/m1/s1. The molecule has 2 aromatic rings. The van der Waals surface area contributed by atoms with Gasteiger partial charge in [-0.1, -0.05) is 12.8 Å². The Balaban J connectivity index is 1.30. The van der Waals surface area contributed by atoms with E-state index in [1.54, 1.807) is 17.7 Å². The normalized spacial score (nSPS) is 25.0. The lowest BCUT2D eigenvalue weighted by atomic mass is 9.86. The summed E-state index contributed by atoms with van der Waals surface area (Å²) in [4.78, 5) is 26.6. The SMILES string of the molecule is O=C(C1CC1)N1CCCCC[C@@H]1C1CCN(c2ncnc3ccsc23)CC1. The van der Waals surface area contributed by atoms with E-state index in [1.807, 2.05) is 0 Å². The number of hydrogen-bond donors (Lipinski definition) is 0. The summed E-state index contributed by atoms with van der Waals surface area (Å²) in [5, 5.41) is 2.10. The molecule has 5 rings (SSSR count). The molecule has 0 bridgehead atoms. The molecule has 6 heteroatoms. The Morgan fingerprint density at radius 3 is 2.67 bits per heavy atom. The van der Waals surface area contributed by atoms with Crippen LogP contribution in [0.5, 0.6) is 0 Å². The number of amides is 1. The summed E-state index contributed by atoms with van der Waals surface area (Å²) in [5.41, 5.74) is 1.05. The van der Waals surface area contributed by atoms with Crippen LogP contribution in [0.3, 0.4) is 0 Å². The molecule has 1 atom stereocenters. The average Bonchev–Trinajstić information content (AvgIpc) is 3.49. The van der Waals surface area contributed by atoms with E-state index >= 15 is 0 Å². The minimum absolute atomic E-state index is 0.346. The van der Waals surface area contributed by atoms with Gasteiger partial charge in [0.05, 0.1) is 10.2 Å². The molecule has 2 aromatic heterocycles. The zero-order chi connectivity index (χ0) is 18.2. The third-order valence-electron chi connectivity index (χ3n) is 6.62. The van der Waals surface area contributed by atoms with Crippen LogP contribution in [0.2, 0.25) is 0 Å². The number of piperidine rings is 1. The number of aromatic nitrogens is 2. The van der Waals surface area contributed by atoms with E-state index in [2.05, 4.69) is 31.2 Å². The van der Waals surface area contributed by atoms with Crippen molar-refractivity contribution in [3.63, 3.8) is 0 Å². The van der Waals surface area contributed by atoms with Crippen molar-refractivity contribution < 1.29 is 4.79 Å². The number of hydrogen-bond acceptors (Lipinski definition) is 5. The van der Waals surface area contributed by atoms with Gasteiger partial charge in [0.25, 0.3) is 0 Å². The quantitative estimate of drug-likeness (QED) is 0.800. The Bertz CT molecular complexity index is 809. The molecule has 1 amide bonds. The summed E-state index contributed by atoms with van der Waals surface area (Å²) in [6, 6.07) is 2.54. The molecule has 27 heavy (non-hydrogen) atoms. The number of likely N-dealkylation sites (tertiary alicyclic amines) is 1. The van der Waals surface area contributed by atoms with Crippen molar-refractivity contribution >= 4 is 33.3 Å². The number of fused-ring (bicyclic) bond motifs is 1. The molecule has 0 N–H and O–H groups in total. The zero-order valence-electron chi connectivity index (χ0n) is 15.8. The molecular weight excluding hydrogens is 356 g/mol. The summed E-state index contributed by atoms with van der Waals surface area (Å²) >= 11 is 1.73. The lowest BCUT2D eigenvalue weighted by molar-refractivity contribution is -0.136. The van der Waals surface area contributed by atoms with Crippen molar-refractivity contribution in [3.05, 3.63) is 17.8 Å². The van der Waals surface area contributed by atoms with E-state index in [-0.39, 0.29) is 0 Å². The van der Waals surface area contributed by atoms with E-state index in [4.69, 9.17) is 0 Å². The Morgan fingerprint density at radius 1 is 1.00 bits per heavy atom. The van der Waals surface area contributed by atoms with Crippen LogP contribution in [-0.4, -0.2) is 46.5 Å². The van der Waals surface area contributed by atoms with Gasteiger partial charge in [-0.2, -0.15) is 0 Å². The maximum atomic E-state index is 12.9. The van der Waals surface area contributed by atoms with Crippen LogP contribution in [0.15, 0.2) is 17.8 Å². The van der Waals surface area contributed by atoms with Gasteiger partial charge in [-0.25, -0.2) is 9.97 Å². The van der Waals surface area contributed by atoms with Gasteiger partial charge in [0, 0.05) is 31.6 Å². The second-order valence-electron chi connectivity index (χ2n) is 8.38. The van der Waals surface area contributed by atoms with Gasteiger partial charge in [-0.05, 0) is 55.9 Å². The molecule has 0 aromatic carbocycles. The van der Waals surface area contributed by atoms with Gasteiger partial charge in [-0.3, -0.25) is 4.79 Å². The maximum Gasteiger partial charge on any atom is 0.225 e. The van der Waals surface area contributed by atoms with E-state index in [1.165, 1.54) is 30.4 Å². The summed E-state index contributed by atoms with van der Waals surface area (Å²) < 4.78 is 1.20. The van der Waals surface area contributed by atoms with Crippen LogP contribution >= 0.6 is 11.3 Å². The monoisotopic (exact) mass is 384 g/mol. The van der Waals surface area contributed by atoms with Crippen molar-refractivity contribution in [1.29, 1.82) is 0 Å². The predicted octanol–water partition coefficient (Wildman–Crippen LogP) is 4.09. The number of carbonyl (C=O) groups is 1. The second-order valence-corrected chi connectivity index (χ2v) is 9.30. The lowest BCUT2D eigenvalue weighted by Gasteiger charge is -2.41. The van der Waals surface area contributed by atoms with Gasteiger partial charge >= 0.3 is 0 Å². The number of rotatable bonds is 3. The van der Waals surface area contributed by atoms with Crippen LogP contribution in [0.25, 0.3) is 10.2 Å². The lowest BCUT2D eigenvalue weighted by Crippen LogP contribution is -2.48. The first-order chi connectivity index (χ1) is 13.3. The van der Waals surface area contributed by atoms with E-state index < -0.39 is 0 Å². The fourth-order valence-electron chi connectivity index (χ4n) is 4.96. The molecule has 4 heterocycles. The third-order valence-corrected chi connectivity index (χ3v) is 7.52. The molecule has 3 aliphatic rings. The molecule has 3 fully saturated rings. The van der Waals surface area contributed by atoms with Crippen LogP contribution in [0, 0.1) is 11.8 Å². The zero-order valence-corrected chi connectivity index (χ0v) is 16.7. The maximum absolute atomic E-state index is 12.9. The van der Waals surface area contributed by atoms with Gasteiger partial charge in [0.1, 0.15) is 12.1 Å². The fraction of sp³-hybridized carbons (Fsp3) is 0.667. The van der Waals surface area contributed by atoms with Gasteiger partial charge in [0.2, 0.25) is 5.91 Å². The molecular formula is C21H28N4OS. The number of carbonyl (C=O) groups excluding carboxylic acids is 1. The second kappa shape index (κ2) is 7.38. The summed E-state index contributed by atoms with van der Waals surface area (Å²) in [6.07, 6.45) is 11.2. The van der Waals surface area contributed by atoms with E-state index in [0.29, 0.717) is 23.8 Å². The molecule has 5 nitrogen and oxygen atoms in total. The molecule has 2 aliphatic heterocycles. The molecule has 0 unspecified atom stereocenters. The molecule has 0 spiro atoms.